The lowest BCUT2D eigenvalue weighted by Gasteiger charge is -2.06. The smallest absolute Gasteiger partial charge is 0.242 e. The molecule has 0 aliphatic rings. The maximum absolute atomic E-state index is 13.9. The number of aromatic amines is 1. The Balaban J connectivity index is 2.39. The van der Waals surface area contributed by atoms with Gasteiger partial charge >= 0.3 is 0 Å². The third-order valence-electron chi connectivity index (χ3n) is 2.89. The molecule has 0 bridgehead atoms. The second-order valence-corrected chi connectivity index (χ2v) is 4.43. The minimum absolute atomic E-state index is 0.0497. The summed E-state index contributed by atoms with van der Waals surface area (Å²) in [6.45, 7) is 0. The number of methoxy groups -OCH3 is 1. The molecular formula is C12H7F3N4OS. The molecule has 21 heavy (non-hydrogen) atoms. The summed E-state index contributed by atoms with van der Waals surface area (Å²) in [6, 6.07) is 1.89. The predicted octanol–water partition coefficient (Wildman–Crippen LogP) is 2.90. The van der Waals surface area contributed by atoms with E-state index in [1.807, 2.05) is 0 Å². The van der Waals surface area contributed by atoms with Gasteiger partial charge in [-0.15, -0.1) is 0 Å². The Morgan fingerprint density at radius 2 is 1.95 bits per heavy atom. The van der Waals surface area contributed by atoms with E-state index in [1.54, 1.807) is 0 Å². The second-order valence-electron chi connectivity index (χ2n) is 4.04. The maximum Gasteiger partial charge on any atom is 0.242 e. The van der Waals surface area contributed by atoms with Crippen LogP contribution in [0.4, 0.5) is 13.2 Å². The number of H-pyrrole nitrogens is 1. The van der Waals surface area contributed by atoms with Crippen LogP contribution in [0.15, 0.2) is 18.5 Å². The van der Waals surface area contributed by atoms with Crippen LogP contribution in [0.1, 0.15) is 0 Å². The fraction of sp³-hybridized carbons (Fsp3) is 0.0833. The van der Waals surface area contributed by atoms with Gasteiger partial charge in [-0.05, 0) is 24.4 Å². The maximum atomic E-state index is 13.9. The predicted molar refractivity (Wildman–Crippen MR) is 70.5 cm³/mol. The summed E-state index contributed by atoms with van der Waals surface area (Å²) in [7, 11) is 1.40. The van der Waals surface area contributed by atoms with E-state index in [0.29, 0.717) is 5.52 Å². The zero-order chi connectivity index (χ0) is 15.1. The van der Waals surface area contributed by atoms with Gasteiger partial charge in [-0.3, -0.25) is 4.57 Å². The van der Waals surface area contributed by atoms with Crippen LogP contribution in [-0.4, -0.2) is 26.6 Å². The average Bonchev–Trinajstić information content (AvgIpc) is 2.81. The van der Waals surface area contributed by atoms with Gasteiger partial charge in [0, 0.05) is 0 Å². The van der Waals surface area contributed by atoms with Crippen LogP contribution in [-0.2, 0) is 0 Å². The summed E-state index contributed by atoms with van der Waals surface area (Å²) in [5.74, 6) is -4.02. The lowest BCUT2D eigenvalue weighted by Crippen LogP contribution is -2.03. The molecular weight excluding hydrogens is 305 g/mol. The Labute approximate surface area is 121 Å². The summed E-state index contributed by atoms with van der Waals surface area (Å²) in [5, 5.41) is 0. The van der Waals surface area contributed by atoms with E-state index in [4.69, 9.17) is 17.0 Å². The van der Waals surface area contributed by atoms with E-state index < -0.39 is 17.5 Å². The molecule has 0 aliphatic carbocycles. The van der Waals surface area contributed by atoms with Gasteiger partial charge in [0.2, 0.25) is 5.88 Å². The number of imidazole rings is 1. The van der Waals surface area contributed by atoms with Crippen LogP contribution in [0.25, 0.3) is 16.9 Å². The lowest BCUT2D eigenvalue weighted by molar-refractivity contribution is 0.401. The van der Waals surface area contributed by atoms with Gasteiger partial charge in [0.25, 0.3) is 0 Å². The second kappa shape index (κ2) is 4.85. The van der Waals surface area contributed by atoms with Crippen molar-refractivity contribution in [2.45, 2.75) is 0 Å². The van der Waals surface area contributed by atoms with Crippen molar-refractivity contribution in [1.82, 2.24) is 19.5 Å². The van der Waals surface area contributed by atoms with Crippen molar-refractivity contribution in [3.05, 3.63) is 40.7 Å². The molecule has 0 spiro atoms. The molecule has 1 aromatic carbocycles. The largest absolute Gasteiger partial charge is 0.479 e. The van der Waals surface area contributed by atoms with Crippen LogP contribution < -0.4 is 4.74 Å². The highest BCUT2D eigenvalue weighted by Crippen LogP contribution is 2.26. The molecule has 2 heterocycles. The van der Waals surface area contributed by atoms with Crippen LogP contribution in [0, 0.1) is 22.2 Å². The molecule has 0 amide bonds. The lowest BCUT2D eigenvalue weighted by atomic mass is 10.2. The molecule has 0 fully saturated rings. The number of benzene rings is 1. The van der Waals surface area contributed by atoms with Crippen LogP contribution in [0.5, 0.6) is 5.88 Å². The third kappa shape index (κ3) is 1.97. The third-order valence-corrected chi connectivity index (χ3v) is 3.17. The molecule has 5 nitrogen and oxygen atoms in total. The first kappa shape index (κ1) is 13.6. The Bertz CT molecular complexity index is 905. The van der Waals surface area contributed by atoms with E-state index in [1.165, 1.54) is 13.4 Å². The highest BCUT2D eigenvalue weighted by atomic mass is 32.1. The number of hydrogen-bond donors (Lipinski definition) is 1. The number of ether oxygens (including phenoxy) is 1. The summed E-state index contributed by atoms with van der Waals surface area (Å²) in [5.41, 5.74) is 0.261. The Morgan fingerprint density at radius 1 is 1.19 bits per heavy atom. The number of nitrogens with one attached hydrogen (secondary N) is 1. The molecule has 0 unspecified atom stereocenters. The van der Waals surface area contributed by atoms with E-state index in [2.05, 4.69) is 15.0 Å². The van der Waals surface area contributed by atoms with Gasteiger partial charge in [-0.2, -0.15) is 4.98 Å². The minimum Gasteiger partial charge on any atom is -0.479 e. The van der Waals surface area contributed by atoms with E-state index in [0.717, 1.165) is 16.7 Å². The summed E-state index contributed by atoms with van der Waals surface area (Å²) in [4.78, 5) is 10.6. The molecule has 0 atom stereocenters. The minimum atomic E-state index is -1.58. The van der Waals surface area contributed by atoms with E-state index in [-0.39, 0.29) is 22.0 Å². The van der Waals surface area contributed by atoms with Crippen LogP contribution in [0.2, 0.25) is 0 Å². The fourth-order valence-electron chi connectivity index (χ4n) is 1.97. The standard InChI is InChI=1S/C12H7F3N4OS/c1-20-11-9-10(16-4-17-11)19(12(21)18-9)6-3-2-5(13)7(14)8(6)15/h2-4H,1H3,(H,18,21). The number of nitrogens with zero attached hydrogens (tertiary/aromatic N) is 3. The highest BCUT2D eigenvalue weighted by Gasteiger charge is 2.19. The molecule has 9 heteroatoms. The van der Waals surface area contributed by atoms with Crippen molar-refractivity contribution in [1.29, 1.82) is 0 Å². The normalized spacial score (nSPS) is 11.0. The quantitative estimate of drug-likeness (QED) is 0.584. The number of rotatable bonds is 2. The van der Waals surface area contributed by atoms with Crippen molar-refractivity contribution >= 4 is 23.4 Å². The van der Waals surface area contributed by atoms with Crippen LogP contribution >= 0.6 is 12.2 Å². The summed E-state index contributed by atoms with van der Waals surface area (Å²) in [6.07, 6.45) is 1.19. The molecule has 0 saturated heterocycles. The molecule has 0 radical (unpaired) electrons. The van der Waals surface area contributed by atoms with Gasteiger partial charge in [-0.1, -0.05) is 0 Å². The number of aromatic nitrogens is 4. The first-order valence-electron chi connectivity index (χ1n) is 5.68. The Hall–Kier alpha value is -2.42. The van der Waals surface area contributed by atoms with Crippen molar-refractivity contribution in [3.63, 3.8) is 0 Å². The van der Waals surface area contributed by atoms with Crippen LogP contribution in [0.3, 0.4) is 0 Å². The van der Waals surface area contributed by atoms with Gasteiger partial charge in [0.05, 0.1) is 12.8 Å². The Morgan fingerprint density at radius 3 is 2.67 bits per heavy atom. The first-order chi connectivity index (χ1) is 10.0. The first-order valence-corrected chi connectivity index (χ1v) is 6.09. The van der Waals surface area contributed by atoms with Gasteiger partial charge in [0.15, 0.2) is 27.9 Å². The van der Waals surface area contributed by atoms with Crippen molar-refractivity contribution in [3.8, 4) is 11.6 Å². The summed E-state index contributed by atoms with van der Waals surface area (Å²) >= 11 is 5.08. The van der Waals surface area contributed by atoms with E-state index in [9.17, 15) is 13.2 Å². The van der Waals surface area contributed by atoms with Gasteiger partial charge in [-0.25, -0.2) is 18.2 Å². The molecule has 1 N–H and O–H groups in total. The number of halogens is 3. The fourth-order valence-corrected chi connectivity index (χ4v) is 2.25. The number of fused-ring (bicyclic) bond motifs is 1. The molecule has 0 saturated carbocycles. The molecule has 3 rings (SSSR count). The molecule has 2 aromatic heterocycles. The summed E-state index contributed by atoms with van der Waals surface area (Å²) < 4.78 is 46.6. The monoisotopic (exact) mass is 312 g/mol. The van der Waals surface area contributed by atoms with Crippen molar-refractivity contribution in [2.24, 2.45) is 0 Å². The Kier molecular flexibility index (Phi) is 3.13. The highest BCUT2D eigenvalue weighted by molar-refractivity contribution is 7.71. The zero-order valence-electron chi connectivity index (χ0n) is 10.5. The number of hydrogen-bond acceptors (Lipinski definition) is 4. The molecule has 0 aliphatic heterocycles. The molecule has 108 valence electrons. The topological polar surface area (TPSA) is 55.7 Å². The SMILES string of the molecule is COc1ncnc2c1[nH]c(=S)n2-c1ccc(F)c(F)c1F. The van der Waals surface area contributed by atoms with Crippen molar-refractivity contribution in [2.75, 3.05) is 7.11 Å². The zero-order valence-corrected chi connectivity index (χ0v) is 11.3. The van der Waals surface area contributed by atoms with Crippen molar-refractivity contribution < 1.29 is 17.9 Å². The van der Waals surface area contributed by atoms with E-state index >= 15 is 0 Å². The average molecular weight is 312 g/mol. The molecule has 3 aromatic rings. The van der Waals surface area contributed by atoms with Gasteiger partial charge < -0.3 is 9.72 Å². The van der Waals surface area contributed by atoms with Gasteiger partial charge in [0.1, 0.15) is 11.8 Å².